The molecule has 0 saturated carbocycles. The summed E-state index contributed by atoms with van der Waals surface area (Å²) in [6, 6.07) is 8.00. The highest BCUT2D eigenvalue weighted by molar-refractivity contribution is 14.0. The van der Waals surface area contributed by atoms with E-state index in [1.54, 1.807) is 0 Å². The average molecular weight is 509 g/mol. The fourth-order valence-electron chi connectivity index (χ4n) is 2.95. The molecule has 0 aromatic heterocycles. The summed E-state index contributed by atoms with van der Waals surface area (Å²) >= 11 is 0. The normalized spacial score (nSPS) is 19.3. The molecule has 0 spiro atoms. The molecule has 0 radical (unpaired) electrons. The molecule has 1 atom stereocenters. The first-order valence-corrected chi connectivity index (χ1v) is 11.0. The van der Waals surface area contributed by atoms with Crippen LogP contribution in [-0.4, -0.2) is 51.6 Å². The van der Waals surface area contributed by atoms with E-state index < -0.39 is 9.84 Å². The molecule has 1 aromatic rings. The van der Waals surface area contributed by atoms with Gasteiger partial charge in [-0.05, 0) is 30.4 Å². The maximum absolute atomic E-state index is 11.6. The van der Waals surface area contributed by atoms with Crippen LogP contribution >= 0.6 is 24.0 Å². The number of benzene rings is 1. The van der Waals surface area contributed by atoms with Gasteiger partial charge in [0.25, 0.3) is 0 Å². The summed E-state index contributed by atoms with van der Waals surface area (Å²) in [6.07, 6.45) is 0.627. The third kappa shape index (κ3) is 7.85. The number of ether oxygens (including phenoxy) is 1. The maximum atomic E-state index is 11.6. The number of hydrogen-bond donors (Lipinski definition) is 2. The number of nitrogens with zero attached hydrogens (tertiary/aromatic N) is 1. The van der Waals surface area contributed by atoms with Crippen LogP contribution < -0.4 is 15.4 Å². The van der Waals surface area contributed by atoms with Gasteiger partial charge in [0, 0.05) is 12.6 Å². The van der Waals surface area contributed by atoms with Crippen molar-refractivity contribution in [2.75, 3.05) is 31.2 Å². The second-order valence-electron chi connectivity index (χ2n) is 7.60. The predicted octanol–water partition coefficient (Wildman–Crippen LogP) is 2.72. The Balaban J connectivity index is 0.00000364. The molecule has 1 aliphatic heterocycles. The van der Waals surface area contributed by atoms with E-state index in [2.05, 4.69) is 42.5 Å². The van der Waals surface area contributed by atoms with Crippen molar-refractivity contribution in [3.63, 3.8) is 0 Å². The maximum Gasteiger partial charge on any atom is 0.191 e. The first-order chi connectivity index (χ1) is 12.2. The zero-order chi connectivity index (χ0) is 19.2. The Labute approximate surface area is 180 Å². The SMILES string of the molecule is CCNC(=NCCOc1ccccc1C(C)(C)C)NC1CCS(=O)(=O)C1.I. The molecule has 0 amide bonds. The number of hydrogen-bond acceptors (Lipinski definition) is 4. The zero-order valence-electron chi connectivity index (χ0n) is 16.6. The Kier molecular flexibility index (Phi) is 9.33. The van der Waals surface area contributed by atoms with Gasteiger partial charge in [-0.1, -0.05) is 39.0 Å². The van der Waals surface area contributed by atoms with E-state index in [0.29, 0.717) is 25.5 Å². The van der Waals surface area contributed by atoms with Crippen LogP contribution in [0.1, 0.15) is 39.7 Å². The second kappa shape index (κ2) is 10.5. The van der Waals surface area contributed by atoms with Crippen LogP contribution in [0.5, 0.6) is 5.75 Å². The molecule has 0 bridgehead atoms. The van der Waals surface area contributed by atoms with Crippen molar-refractivity contribution in [2.24, 2.45) is 4.99 Å². The largest absolute Gasteiger partial charge is 0.491 e. The van der Waals surface area contributed by atoms with Crippen LogP contribution in [0.15, 0.2) is 29.3 Å². The van der Waals surface area contributed by atoms with Crippen LogP contribution in [0.3, 0.4) is 0 Å². The van der Waals surface area contributed by atoms with Gasteiger partial charge in [-0.25, -0.2) is 13.4 Å². The molecule has 2 rings (SSSR count). The number of guanidine groups is 1. The molecule has 1 unspecified atom stereocenters. The van der Waals surface area contributed by atoms with Crippen molar-refractivity contribution < 1.29 is 13.2 Å². The van der Waals surface area contributed by atoms with Crippen molar-refractivity contribution in [1.82, 2.24) is 10.6 Å². The zero-order valence-corrected chi connectivity index (χ0v) is 19.8. The van der Waals surface area contributed by atoms with Crippen LogP contribution in [0.25, 0.3) is 0 Å². The first-order valence-electron chi connectivity index (χ1n) is 9.19. The van der Waals surface area contributed by atoms with Gasteiger partial charge in [0.15, 0.2) is 15.8 Å². The van der Waals surface area contributed by atoms with E-state index in [1.807, 2.05) is 25.1 Å². The number of nitrogens with one attached hydrogen (secondary N) is 2. The Bertz CT molecular complexity index is 730. The third-order valence-corrected chi connectivity index (χ3v) is 6.00. The Morgan fingerprint density at radius 1 is 1.30 bits per heavy atom. The van der Waals surface area contributed by atoms with Gasteiger partial charge in [0.2, 0.25) is 0 Å². The Morgan fingerprint density at radius 2 is 2.00 bits per heavy atom. The third-order valence-electron chi connectivity index (χ3n) is 4.23. The molecular formula is C19H32IN3O3S. The lowest BCUT2D eigenvalue weighted by Gasteiger charge is -2.22. The number of aliphatic imine (C=N–C) groups is 1. The standard InChI is InChI=1S/C19H31N3O3S.HI/c1-5-20-18(22-15-10-13-26(23,24)14-15)21-11-12-25-17-9-7-6-8-16(17)19(2,3)4;/h6-9,15H,5,10-14H2,1-4H3,(H2,20,21,22);1H. The first kappa shape index (κ1) is 24.0. The number of para-hydroxylation sites is 1. The van der Waals surface area contributed by atoms with Gasteiger partial charge >= 0.3 is 0 Å². The van der Waals surface area contributed by atoms with Gasteiger partial charge in [-0.3, -0.25) is 0 Å². The summed E-state index contributed by atoms with van der Waals surface area (Å²) in [6.45, 7) is 10.2. The highest BCUT2D eigenvalue weighted by atomic mass is 127. The summed E-state index contributed by atoms with van der Waals surface area (Å²) in [5.41, 5.74) is 1.19. The van der Waals surface area contributed by atoms with Crippen LogP contribution in [0.4, 0.5) is 0 Å². The molecule has 1 aromatic carbocycles. The highest BCUT2D eigenvalue weighted by Gasteiger charge is 2.28. The van der Waals surface area contributed by atoms with Gasteiger partial charge in [0.05, 0.1) is 18.1 Å². The van der Waals surface area contributed by atoms with E-state index in [1.165, 1.54) is 5.56 Å². The summed E-state index contributed by atoms with van der Waals surface area (Å²) in [7, 11) is -2.91. The molecule has 1 fully saturated rings. The smallest absolute Gasteiger partial charge is 0.191 e. The molecule has 8 heteroatoms. The molecule has 1 aliphatic rings. The van der Waals surface area contributed by atoms with E-state index in [-0.39, 0.29) is 46.9 Å². The minimum atomic E-state index is -2.91. The lowest BCUT2D eigenvalue weighted by molar-refractivity contribution is 0.319. The Morgan fingerprint density at radius 3 is 2.59 bits per heavy atom. The van der Waals surface area contributed by atoms with Crippen molar-refractivity contribution in [2.45, 2.75) is 45.6 Å². The number of rotatable bonds is 6. The number of halogens is 1. The van der Waals surface area contributed by atoms with Gasteiger partial charge < -0.3 is 15.4 Å². The van der Waals surface area contributed by atoms with Crippen LogP contribution in [-0.2, 0) is 15.3 Å². The summed E-state index contributed by atoms with van der Waals surface area (Å²) < 4.78 is 29.1. The minimum absolute atomic E-state index is 0. The monoisotopic (exact) mass is 509 g/mol. The quantitative estimate of drug-likeness (QED) is 0.267. The van der Waals surface area contributed by atoms with E-state index in [0.717, 1.165) is 12.3 Å². The molecule has 0 aliphatic carbocycles. The molecule has 6 nitrogen and oxygen atoms in total. The Hall–Kier alpha value is -1.03. The van der Waals surface area contributed by atoms with Crippen molar-refractivity contribution in [3.8, 4) is 5.75 Å². The van der Waals surface area contributed by atoms with Crippen LogP contribution in [0, 0.1) is 0 Å². The lowest BCUT2D eigenvalue weighted by atomic mass is 9.86. The summed E-state index contributed by atoms with van der Waals surface area (Å²) in [5, 5.41) is 6.37. The topological polar surface area (TPSA) is 79.8 Å². The fourth-order valence-corrected chi connectivity index (χ4v) is 4.62. The molecule has 2 N–H and O–H groups in total. The predicted molar refractivity (Wildman–Crippen MR) is 122 cm³/mol. The van der Waals surface area contributed by atoms with Gasteiger partial charge in [0.1, 0.15) is 12.4 Å². The molecule has 1 heterocycles. The summed E-state index contributed by atoms with van der Waals surface area (Å²) in [4.78, 5) is 4.51. The van der Waals surface area contributed by atoms with Gasteiger partial charge in [-0.2, -0.15) is 0 Å². The van der Waals surface area contributed by atoms with E-state index in [9.17, 15) is 8.42 Å². The van der Waals surface area contributed by atoms with Crippen molar-refractivity contribution in [3.05, 3.63) is 29.8 Å². The van der Waals surface area contributed by atoms with Crippen LogP contribution in [0.2, 0.25) is 0 Å². The fraction of sp³-hybridized carbons (Fsp3) is 0.632. The molecule has 1 saturated heterocycles. The van der Waals surface area contributed by atoms with Crippen molar-refractivity contribution in [1.29, 1.82) is 0 Å². The molecular weight excluding hydrogens is 477 g/mol. The average Bonchev–Trinajstić information content (AvgIpc) is 2.90. The van der Waals surface area contributed by atoms with Crippen molar-refractivity contribution >= 4 is 39.8 Å². The lowest BCUT2D eigenvalue weighted by Crippen LogP contribution is -2.44. The number of sulfone groups is 1. The molecule has 27 heavy (non-hydrogen) atoms. The van der Waals surface area contributed by atoms with Gasteiger partial charge in [-0.15, -0.1) is 24.0 Å². The highest BCUT2D eigenvalue weighted by Crippen LogP contribution is 2.30. The second-order valence-corrected chi connectivity index (χ2v) is 9.83. The molecule has 154 valence electrons. The van der Waals surface area contributed by atoms with E-state index >= 15 is 0 Å². The summed E-state index contributed by atoms with van der Waals surface area (Å²) in [5.74, 6) is 1.95. The minimum Gasteiger partial charge on any atom is -0.491 e. The van der Waals surface area contributed by atoms with E-state index in [4.69, 9.17) is 4.74 Å².